The van der Waals surface area contributed by atoms with E-state index in [9.17, 15) is 4.79 Å². The number of nitrogens with zero attached hydrogens (tertiary/aromatic N) is 3. The van der Waals surface area contributed by atoms with E-state index in [4.69, 9.17) is 18.7 Å². The van der Waals surface area contributed by atoms with Gasteiger partial charge in [0.2, 0.25) is 11.7 Å². The third kappa shape index (κ3) is 4.47. The summed E-state index contributed by atoms with van der Waals surface area (Å²) in [5.41, 5.74) is 1.38. The van der Waals surface area contributed by atoms with E-state index in [0.29, 0.717) is 41.9 Å². The highest BCUT2D eigenvalue weighted by atomic mass is 16.5. The van der Waals surface area contributed by atoms with Crippen molar-refractivity contribution in [2.24, 2.45) is 0 Å². The van der Waals surface area contributed by atoms with E-state index in [2.05, 4.69) is 10.1 Å². The fourth-order valence-corrected chi connectivity index (χ4v) is 3.74. The Labute approximate surface area is 180 Å². The number of piperidine rings is 1. The Hall–Kier alpha value is -3.55. The Kier molecular flexibility index (Phi) is 6.06. The summed E-state index contributed by atoms with van der Waals surface area (Å²) < 4.78 is 21.3. The molecule has 2 aromatic carbocycles. The van der Waals surface area contributed by atoms with Crippen molar-refractivity contribution < 1.29 is 23.5 Å². The van der Waals surface area contributed by atoms with E-state index < -0.39 is 0 Å². The lowest BCUT2D eigenvalue weighted by Gasteiger charge is -2.31. The molecule has 0 spiro atoms. The minimum absolute atomic E-state index is 0.00954. The molecule has 8 heteroatoms. The number of carbonyl (C=O) groups excluding carboxylic acids is 1. The van der Waals surface area contributed by atoms with E-state index in [-0.39, 0.29) is 11.8 Å². The number of hydrogen-bond acceptors (Lipinski definition) is 7. The molecule has 31 heavy (non-hydrogen) atoms. The van der Waals surface area contributed by atoms with Crippen molar-refractivity contribution in [3.63, 3.8) is 0 Å². The Morgan fingerprint density at radius 3 is 2.32 bits per heavy atom. The normalized spacial score (nSPS) is 16.1. The third-order valence-corrected chi connectivity index (χ3v) is 5.45. The van der Waals surface area contributed by atoms with Crippen LogP contribution in [-0.2, 0) is 0 Å². The van der Waals surface area contributed by atoms with Gasteiger partial charge in [-0.2, -0.15) is 4.98 Å². The zero-order chi connectivity index (χ0) is 21.8. The zero-order valence-corrected chi connectivity index (χ0v) is 17.8. The summed E-state index contributed by atoms with van der Waals surface area (Å²) in [5, 5.41) is 4.13. The number of benzene rings is 2. The van der Waals surface area contributed by atoms with Gasteiger partial charge in [0.1, 0.15) is 17.2 Å². The summed E-state index contributed by atoms with van der Waals surface area (Å²) in [7, 11) is 4.76. The van der Waals surface area contributed by atoms with Crippen LogP contribution >= 0.6 is 0 Å². The number of amides is 1. The number of rotatable bonds is 6. The van der Waals surface area contributed by atoms with E-state index in [1.54, 1.807) is 39.5 Å². The summed E-state index contributed by atoms with van der Waals surface area (Å²) in [4.78, 5) is 19.5. The second kappa shape index (κ2) is 9.07. The number of carbonyl (C=O) groups is 1. The van der Waals surface area contributed by atoms with Gasteiger partial charge in [-0.1, -0.05) is 5.16 Å². The van der Waals surface area contributed by atoms with Crippen LogP contribution in [0.4, 0.5) is 0 Å². The average molecular weight is 423 g/mol. The first-order valence-electron chi connectivity index (χ1n) is 10.1. The molecule has 162 valence electrons. The van der Waals surface area contributed by atoms with Crippen molar-refractivity contribution >= 4 is 5.91 Å². The molecule has 0 radical (unpaired) electrons. The van der Waals surface area contributed by atoms with Crippen LogP contribution in [0.25, 0.3) is 11.4 Å². The molecule has 1 aromatic heterocycles. The molecule has 1 aliphatic rings. The smallest absolute Gasteiger partial charge is 0.254 e. The van der Waals surface area contributed by atoms with Crippen molar-refractivity contribution in [3.8, 4) is 28.6 Å². The Bertz CT molecular complexity index is 1030. The molecular formula is C23H25N3O5. The summed E-state index contributed by atoms with van der Waals surface area (Å²) in [6.45, 7) is 1.19. The molecule has 0 bridgehead atoms. The van der Waals surface area contributed by atoms with Crippen LogP contribution in [0.3, 0.4) is 0 Å². The molecule has 1 atom stereocenters. The highest BCUT2D eigenvalue weighted by Gasteiger charge is 2.29. The molecule has 4 rings (SSSR count). The van der Waals surface area contributed by atoms with Crippen LogP contribution < -0.4 is 14.2 Å². The standard InChI is InChI=1S/C23H25N3O5/c1-28-18-8-6-15(7-9-18)21-24-22(31-25-21)16-5-4-10-26(14-16)23(27)17-11-19(29-2)13-20(12-17)30-3/h6-9,11-13,16H,4-5,10,14H2,1-3H3/t16-/m0/s1. The van der Waals surface area contributed by atoms with Gasteiger partial charge in [0.05, 0.1) is 27.2 Å². The van der Waals surface area contributed by atoms with Crippen molar-refractivity contribution in [3.05, 3.63) is 53.9 Å². The predicted molar refractivity (Wildman–Crippen MR) is 114 cm³/mol. The lowest BCUT2D eigenvalue weighted by molar-refractivity contribution is 0.0695. The molecule has 0 aliphatic carbocycles. The monoisotopic (exact) mass is 423 g/mol. The molecule has 0 saturated carbocycles. The fourth-order valence-electron chi connectivity index (χ4n) is 3.74. The van der Waals surface area contributed by atoms with Crippen molar-refractivity contribution in [1.82, 2.24) is 15.0 Å². The number of hydrogen-bond donors (Lipinski definition) is 0. The van der Waals surface area contributed by atoms with Gasteiger partial charge in [0.15, 0.2) is 0 Å². The van der Waals surface area contributed by atoms with Gasteiger partial charge >= 0.3 is 0 Å². The van der Waals surface area contributed by atoms with E-state index in [1.165, 1.54) is 0 Å². The largest absolute Gasteiger partial charge is 0.497 e. The van der Waals surface area contributed by atoms with Crippen LogP contribution in [0.15, 0.2) is 47.0 Å². The van der Waals surface area contributed by atoms with E-state index in [0.717, 1.165) is 24.2 Å². The van der Waals surface area contributed by atoms with Crippen molar-refractivity contribution in [2.45, 2.75) is 18.8 Å². The van der Waals surface area contributed by atoms with Gasteiger partial charge in [0, 0.05) is 30.3 Å². The summed E-state index contributed by atoms with van der Waals surface area (Å²) in [6.07, 6.45) is 1.74. The van der Waals surface area contributed by atoms with Crippen LogP contribution in [0, 0.1) is 0 Å². The first-order chi connectivity index (χ1) is 15.1. The molecule has 8 nitrogen and oxygen atoms in total. The first kappa shape index (κ1) is 20.7. The number of ether oxygens (including phenoxy) is 3. The average Bonchev–Trinajstić information content (AvgIpc) is 3.33. The lowest BCUT2D eigenvalue weighted by atomic mass is 9.97. The number of methoxy groups -OCH3 is 3. The number of likely N-dealkylation sites (tertiary alicyclic amines) is 1. The van der Waals surface area contributed by atoms with Gasteiger partial charge in [-0.15, -0.1) is 0 Å². The minimum atomic E-state index is -0.0724. The van der Waals surface area contributed by atoms with Gasteiger partial charge in [0.25, 0.3) is 5.91 Å². The maximum absolute atomic E-state index is 13.1. The molecular weight excluding hydrogens is 398 g/mol. The minimum Gasteiger partial charge on any atom is -0.497 e. The van der Waals surface area contributed by atoms with Gasteiger partial charge in [-0.25, -0.2) is 0 Å². The topological polar surface area (TPSA) is 86.9 Å². The quantitative estimate of drug-likeness (QED) is 0.596. The predicted octanol–water partition coefficient (Wildman–Crippen LogP) is 3.78. The summed E-state index contributed by atoms with van der Waals surface area (Å²) in [6, 6.07) is 12.7. The molecule has 0 N–H and O–H groups in total. The van der Waals surface area contributed by atoms with E-state index in [1.807, 2.05) is 29.2 Å². The molecule has 1 fully saturated rings. The highest BCUT2D eigenvalue weighted by molar-refractivity contribution is 5.95. The van der Waals surface area contributed by atoms with Crippen LogP contribution in [0.1, 0.15) is 35.0 Å². The van der Waals surface area contributed by atoms with Crippen molar-refractivity contribution in [2.75, 3.05) is 34.4 Å². The Balaban J connectivity index is 1.50. The van der Waals surface area contributed by atoms with Crippen LogP contribution in [0.2, 0.25) is 0 Å². The second-order valence-electron chi connectivity index (χ2n) is 7.38. The maximum atomic E-state index is 13.1. The molecule has 1 aliphatic heterocycles. The summed E-state index contributed by atoms with van der Waals surface area (Å²) >= 11 is 0. The molecule has 2 heterocycles. The lowest BCUT2D eigenvalue weighted by Crippen LogP contribution is -2.39. The maximum Gasteiger partial charge on any atom is 0.254 e. The Morgan fingerprint density at radius 2 is 1.68 bits per heavy atom. The van der Waals surface area contributed by atoms with Crippen molar-refractivity contribution in [1.29, 1.82) is 0 Å². The SMILES string of the molecule is COc1ccc(-c2noc([C@H]3CCCN(C(=O)c4cc(OC)cc(OC)c4)C3)n2)cc1. The molecule has 0 unspecified atom stereocenters. The fraction of sp³-hybridized carbons (Fsp3) is 0.348. The van der Waals surface area contributed by atoms with Crippen LogP contribution in [-0.4, -0.2) is 55.4 Å². The molecule has 1 saturated heterocycles. The highest BCUT2D eigenvalue weighted by Crippen LogP contribution is 2.30. The van der Waals surface area contributed by atoms with Gasteiger partial charge < -0.3 is 23.6 Å². The summed E-state index contributed by atoms with van der Waals surface area (Å²) in [5.74, 6) is 2.92. The zero-order valence-electron chi connectivity index (χ0n) is 17.8. The molecule has 1 amide bonds. The molecule has 3 aromatic rings. The van der Waals surface area contributed by atoms with Gasteiger partial charge in [-0.3, -0.25) is 4.79 Å². The van der Waals surface area contributed by atoms with E-state index >= 15 is 0 Å². The third-order valence-electron chi connectivity index (χ3n) is 5.45. The van der Waals surface area contributed by atoms with Crippen LogP contribution in [0.5, 0.6) is 17.2 Å². The Morgan fingerprint density at radius 1 is 1.00 bits per heavy atom. The number of aromatic nitrogens is 2. The van der Waals surface area contributed by atoms with Gasteiger partial charge in [-0.05, 0) is 49.2 Å². The first-order valence-corrected chi connectivity index (χ1v) is 10.1. The second-order valence-corrected chi connectivity index (χ2v) is 7.38.